The van der Waals surface area contributed by atoms with Gasteiger partial charge in [-0.15, -0.1) is 0 Å². The number of nitrogens with two attached hydrogens (primary N) is 3. The maximum Gasteiger partial charge on any atom is 0.242 e. The molecule has 63 heavy (non-hydrogen) atoms. The second-order valence-electron chi connectivity index (χ2n) is 17.3. The average Bonchev–Trinajstić information content (AvgIpc) is 3.26. The molecule has 0 radical (unpaired) electrons. The third kappa shape index (κ3) is 36.7. The van der Waals surface area contributed by atoms with Crippen LogP contribution in [0, 0.1) is 0 Å². The Kier molecular flexibility index (Phi) is 41.6. The lowest BCUT2D eigenvalue weighted by Gasteiger charge is -2.19. The van der Waals surface area contributed by atoms with Gasteiger partial charge in [0.25, 0.3) is 0 Å². The second-order valence-corrected chi connectivity index (χ2v) is 17.3. The molecule has 3 unspecified atom stereocenters. The first kappa shape index (κ1) is 59.7. The predicted octanol–water partition coefficient (Wildman–Crippen LogP) is 5.80. The van der Waals surface area contributed by atoms with Crippen LogP contribution in [0.3, 0.4) is 0 Å². The number of hydrogen-bond acceptors (Lipinski definition) is 9. The summed E-state index contributed by atoms with van der Waals surface area (Å²) in [5, 5.41) is 17.6. The zero-order valence-corrected chi connectivity index (χ0v) is 40.1. The highest BCUT2D eigenvalue weighted by atomic mass is 16.2. The topological polar surface area (TPSA) is 253 Å². The highest BCUT2D eigenvalue weighted by Gasteiger charge is 2.22. The van der Waals surface area contributed by atoms with E-state index in [-0.39, 0.29) is 35.4 Å². The molecule has 12 N–H and O–H groups in total. The van der Waals surface area contributed by atoms with Gasteiger partial charge in [0.05, 0.1) is 0 Å². The molecule has 0 saturated heterocycles. The van der Waals surface area contributed by atoms with Crippen molar-refractivity contribution in [3.05, 3.63) is 0 Å². The molecule has 0 spiro atoms. The first-order chi connectivity index (χ1) is 30.6. The molecule has 0 aromatic heterocycles. The van der Waals surface area contributed by atoms with Crippen LogP contribution < -0.4 is 49.1 Å². The van der Waals surface area contributed by atoms with E-state index in [0.29, 0.717) is 77.8 Å². The summed E-state index contributed by atoms with van der Waals surface area (Å²) >= 11 is 0. The molecule has 0 aliphatic heterocycles. The molecular formula is C48H95N9O6. The van der Waals surface area contributed by atoms with Gasteiger partial charge in [0.2, 0.25) is 35.4 Å². The molecule has 0 rings (SSSR count). The Labute approximate surface area is 382 Å². The van der Waals surface area contributed by atoms with Crippen molar-refractivity contribution in [3.8, 4) is 0 Å². The summed E-state index contributed by atoms with van der Waals surface area (Å²) in [7, 11) is 0. The van der Waals surface area contributed by atoms with Gasteiger partial charge in [0.15, 0.2) is 0 Å². The van der Waals surface area contributed by atoms with Gasteiger partial charge in [-0.3, -0.25) is 28.8 Å². The van der Waals surface area contributed by atoms with E-state index in [9.17, 15) is 28.8 Å². The fraction of sp³-hybridized carbons (Fsp3) is 0.875. The fourth-order valence-corrected chi connectivity index (χ4v) is 7.53. The van der Waals surface area contributed by atoms with E-state index in [2.05, 4.69) is 38.8 Å². The molecule has 0 aliphatic carbocycles. The van der Waals surface area contributed by atoms with Crippen molar-refractivity contribution in [1.29, 1.82) is 0 Å². The zero-order chi connectivity index (χ0) is 46.6. The maximum atomic E-state index is 13.0. The van der Waals surface area contributed by atoms with Gasteiger partial charge in [-0.25, -0.2) is 0 Å². The molecule has 6 amide bonds. The Hall–Kier alpha value is -3.30. The van der Waals surface area contributed by atoms with Gasteiger partial charge in [0.1, 0.15) is 18.1 Å². The van der Waals surface area contributed by atoms with E-state index in [1.807, 2.05) is 6.92 Å². The van der Waals surface area contributed by atoms with E-state index in [1.54, 1.807) is 0 Å². The van der Waals surface area contributed by atoms with Crippen molar-refractivity contribution >= 4 is 35.4 Å². The van der Waals surface area contributed by atoms with Gasteiger partial charge < -0.3 is 49.1 Å². The Bertz CT molecular complexity index is 1180. The zero-order valence-electron chi connectivity index (χ0n) is 40.1. The minimum Gasteiger partial charge on any atom is -0.355 e. The minimum absolute atomic E-state index is 0.0583. The highest BCUT2D eigenvalue weighted by molar-refractivity contribution is 5.88. The quantitative estimate of drug-likeness (QED) is 0.0335. The Morgan fingerprint density at radius 3 is 0.937 bits per heavy atom. The van der Waals surface area contributed by atoms with Gasteiger partial charge >= 0.3 is 0 Å². The summed E-state index contributed by atoms with van der Waals surface area (Å²) < 4.78 is 0. The molecule has 0 aromatic rings. The molecule has 0 bridgehead atoms. The van der Waals surface area contributed by atoms with Crippen LogP contribution in [0.5, 0.6) is 0 Å². The monoisotopic (exact) mass is 894 g/mol. The van der Waals surface area contributed by atoms with Crippen molar-refractivity contribution in [2.75, 3.05) is 39.3 Å². The van der Waals surface area contributed by atoms with E-state index < -0.39 is 18.1 Å². The molecule has 368 valence electrons. The largest absolute Gasteiger partial charge is 0.355 e. The average molecular weight is 894 g/mol. The van der Waals surface area contributed by atoms with Crippen LogP contribution in [-0.4, -0.2) is 92.8 Å². The van der Waals surface area contributed by atoms with Crippen molar-refractivity contribution in [1.82, 2.24) is 31.9 Å². The van der Waals surface area contributed by atoms with E-state index in [1.165, 1.54) is 38.5 Å². The van der Waals surface area contributed by atoms with Crippen LogP contribution in [0.2, 0.25) is 0 Å². The van der Waals surface area contributed by atoms with Gasteiger partial charge in [0, 0.05) is 38.9 Å². The molecule has 0 heterocycles. The molecule has 0 saturated carbocycles. The number of likely N-dealkylation sites (N-methyl/N-ethyl adjacent to an activating group) is 1. The standard InChI is InChI=1S/C48H95N9O6/c1-3-5-6-7-8-9-10-13-18-32-44(59)56-41(30-22-25-36-50)47(62)53-39-28-17-12-15-20-34-45(60)57-42(31-23-26-37-51)48(63)54-38-27-16-11-14-19-33-43(58)55-40(29-21-24-35-49)46(61)52-4-2/h40-42H,3-39,49-51H2,1-2H3,(H,52,61)(H,53,62)(H,54,63)(H,55,58)(H,56,59)(H,57,60). The first-order valence-corrected chi connectivity index (χ1v) is 25.4. The molecule has 0 aliphatic rings. The van der Waals surface area contributed by atoms with Gasteiger partial charge in [-0.05, 0) is 116 Å². The number of rotatable bonds is 45. The van der Waals surface area contributed by atoms with Crippen molar-refractivity contribution in [2.24, 2.45) is 17.2 Å². The number of carbonyl (C=O) groups excluding carboxylic acids is 6. The second kappa shape index (κ2) is 43.9. The van der Waals surface area contributed by atoms with Crippen LogP contribution in [0.25, 0.3) is 0 Å². The van der Waals surface area contributed by atoms with Crippen LogP contribution in [0.4, 0.5) is 0 Å². The lowest BCUT2D eigenvalue weighted by Crippen LogP contribution is -2.47. The molecule has 15 heteroatoms. The van der Waals surface area contributed by atoms with E-state index in [0.717, 1.165) is 122 Å². The maximum absolute atomic E-state index is 13.0. The fourth-order valence-electron chi connectivity index (χ4n) is 7.53. The highest BCUT2D eigenvalue weighted by Crippen LogP contribution is 2.12. The van der Waals surface area contributed by atoms with Crippen LogP contribution in [0.15, 0.2) is 0 Å². The van der Waals surface area contributed by atoms with Gasteiger partial charge in [-0.2, -0.15) is 0 Å². The van der Waals surface area contributed by atoms with Gasteiger partial charge in [-0.1, -0.05) is 96.8 Å². The molecule has 3 atom stereocenters. The number of carbonyl (C=O) groups is 6. The van der Waals surface area contributed by atoms with Crippen LogP contribution in [-0.2, 0) is 28.8 Å². The number of hydrogen-bond donors (Lipinski definition) is 9. The summed E-state index contributed by atoms with van der Waals surface area (Å²) in [4.78, 5) is 76.3. The van der Waals surface area contributed by atoms with Crippen LogP contribution in [0.1, 0.15) is 213 Å². The minimum atomic E-state index is -0.594. The number of nitrogens with one attached hydrogen (secondary N) is 6. The van der Waals surface area contributed by atoms with Crippen LogP contribution >= 0.6 is 0 Å². The summed E-state index contributed by atoms with van der Waals surface area (Å²) in [6, 6.07) is -1.66. The SMILES string of the molecule is CCCCCCCCCCCC(=O)NC(CCCCN)C(=O)NCCCCCCCC(=O)NC(CCCCN)C(=O)NCCCCCCCC(=O)NC(CCCCN)C(=O)NCC. The predicted molar refractivity (Wildman–Crippen MR) is 256 cm³/mol. The number of amides is 6. The number of unbranched alkanes of at least 4 members (excludes halogenated alkanes) is 19. The third-order valence-electron chi connectivity index (χ3n) is 11.4. The summed E-state index contributed by atoms with van der Waals surface area (Å²) in [6.07, 6.45) is 26.8. The van der Waals surface area contributed by atoms with E-state index in [4.69, 9.17) is 17.2 Å². The summed E-state index contributed by atoms with van der Waals surface area (Å²) in [6.45, 7) is 7.30. The van der Waals surface area contributed by atoms with Crippen molar-refractivity contribution < 1.29 is 28.8 Å². The third-order valence-corrected chi connectivity index (χ3v) is 11.4. The molecule has 0 fully saturated rings. The summed E-state index contributed by atoms with van der Waals surface area (Å²) in [5.74, 6) is -0.773. The molecular weight excluding hydrogens is 799 g/mol. The first-order valence-electron chi connectivity index (χ1n) is 25.4. The summed E-state index contributed by atoms with van der Waals surface area (Å²) in [5.41, 5.74) is 16.9. The van der Waals surface area contributed by atoms with E-state index >= 15 is 0 Å². The molecule has 15 nitrogen and oxygen atoms in total. The Morgan fingerprint density at radius 2 is 0.635 bits per heavy atom. The molecule has 0 aromatic carbocycles. The van der Waals surface area contributed by atoms with Crippen molar-refractivity contribution in [2.45, 2.75) is 231 Å². The smallest absolute Gasteiger partial charge is 0.242 e. The lowest BCUT2D eigenvalue weighted by molar-refractivity contribution is -0.129. The lowest BCUT2D eigenvalue weighted by atomic mass is 10.1. The normalized spacial score (nSPS) is 12.5. The Balaban J connectivity index is 4.38. The van der Waals surface area contributed by atoms with Crippen molar-refractivity contribution in [3.63, 3.8) is 0 Å². The Morgan fingerprint density at radius 1 is 0.349 bits per heavy atom.